The number of likely N-dealkylation sites (tertiary alicyclic amines) is 1. The fourth-order valence-electron chi connectivity index (χ4n) is 4.97. The third-order valence-corrected chi connectivity index (χ3v) is 6.62. The maximum Gasteiger partial charge on any atom is 0.240 e. The summed E-state index contributed by atoms with van der Waals surface area (Å²) in [6.45, 7) is 7.47. The summed E-state index contributed by atoms with van der Waals surface area (Å²) in [6, 6.07) is 8.50. The van der Waals surface area contributed by atoms with E-state index >= 15 is 0 Å². The SMILES string of the molecule is Cc1cccc(CC(=O)N2CCN(C3CCCN(C4CCOCC4)C3=O)CC2)c1. The summed E-state index contributed by atoms with van der Waals surface area (Å²) in [5.41, 5.74) is 2.26. The molecule has 0 aromatic heterocycles. The van der Waals surface area contributed by atoms with Crippen LogP contribution >= 0.6 is 0 Å². The molecular weight excluding hydrogens is 366 g/mol. The second kappa shape index (κ2) is 9.26. The average molecular weight is 400 g/mol. The van der Waals surface area contributed by atoms with Crippen LogP contribution in [0.1, 0.15) is 36.8 Å². The van der Waals surface area contributed by atoms with Gasteiger partial charge < -0.3 is 14.5 Å². The minimum Gasteiger partial charge on any atom is -0.381 e. The number of aryl methyl sites for hydroxylation is 1. The molecule has 1 aromatic carbocycles. The second-order valence-corrected chi connectivity index (χ2v) is 8.62. The van der Waals surface area contributed by atoms with E-state index in [4.69, 9.17) is 4.74 Å². The van der Waals surface area contributed by atoms with Crippen LogP contribution in [0.15, 0.2) is 24.3 Å². The Morgan fingerprint density at radius 3 is 2.55 bits per heavy atom. The first-order valence-electron chi connectivity index (χ1n) is 11.1. The number of rotatable bonds is 4. The van der Waals surface area contributed by atoms with E-state index < -0.39 is 0 Å². The van der Waals surface area contributed by atoms with Crippen molar-refractivity contribution in [3.05, 3.63) is 35.4 Å². The number of carbonyl (C=O) groups excluding carboxylic acids is 2. The van der Waals surface area contributed by atoms with Gasteiger partial charge in [0.25, 0.3) is 0 Å². The topological polar surface area (TPSA) is 53.1 Å². The molecule has 3 heterocycles. The summed E-state index contributed by atoms with van der Waals surface area (Å²) in [5.74, 6) is 0.483. The summed E-state index contributed by atoms with van der Waals surface area (Å²) in [5, 5.41) is 0. The van der Waals surface area contributed by atoms with E-state index in [1.165, 1.54) is 5.56 Å². The van der Waals surface area contributed by atoms with Crippen LogP contribution < -0.4 is 0 Å². The number of hydrogen-bond acceptors (Lipinski definition) is 4. The van der Waals surface area contributed by atoms with Crippen LogP contribution in [0.4, 0.5) is 0 Å². The monoisotopic (exact) mass is 399 g/mol. The van der Waals surface area contributed by atoms with E-state index in [0.717, 1.165) is 64.1 Å². The van der Waals surface area contributed by atoms with Crippen LogP contribution in [0.5, 0.6) is 0 Å². The number of hydrogen-bond donors (Lipinski definition) is 0. The lowest BCUT2D eigenvalue weighted by Gasteiger charge is -2.45. The molecule has 0 N–H and O–H groups in total. The fourth-order valence-corrected chi connectivity index (χ4v) is 4.97. The van der Waals surface area contributed by atoms with Gasteiger partial charge >= 0.3 is 0 Å². The second-order valence-electron chi connectivity index (χ2n) is 8.62. The molecule has 1 aromatic rings. The molecule has 29 heavy (non-hydrogen) atoms. The van der Waals surface area contributed by atoms with Gasteiger partial charge in [0.1, 0.15) is 0 Å². The van der Waals surface area contributed by atoms with E-state index in [1.54, 1.807) is 0 Å². The molecule has 3 aliphatic heterocycles. The third kappa shape index (κ3) is 4.81. The van der Waals surface area contributed by atoms with Crippen molar-refractivity contribution in [2.45, 2.75) is 51.1 Å². The Kier molecular flexibility index (Phi) is 6.50. The van der Waals surface area contributed by atoms with Crippen LogP contribution in [0.25, 0.3) is 0 Å². The molecule has 0 spiro atoms. The van der Waals surface area contributed by atoms with Crippen LogP contribution in [0.2, 0.25) is 0 Å². The normalized spacial score (nSPS) is 24.7. The summed E-state index contributed by atoms with van der Waals surface area (Å²) in [4.78, 5) is 32.3. The van der Waals surface area contributed by atoms with Gasteiger partial charge in [0.15, 0.2) is 0 Å². The fraction of sp³-hybridized carbons (Fsp3) is 0.652. The Bertz CT molecular complexity index is 724. The van der Waals surface area contributed by atoms with Gasteiger partial charge in [-0.3, -0.25) is 14.5 Å². The molecule has 3 aliphatic rings. The molecule has 158 valence electrons. The molecule has 1 atom stereocenters. The lowest BCUT2D eigenvalue weighted by molar-refractivity contribution is -0.146. The minimum absolute atomic E-state index is 0.0133. The smallest absolute Gasteiger partial charge is 0.240 e. The highest BCUT2D eigenvalue weighted by molar-refractivity contribution is 5.83. The Morgan fingerprint density at radius 1 is 1.07 bits per heavy atom. The van der Waals surface area contributed by atoms with Crippen LogP contribution in [-0.2, 0) is 20.7 Å². The highest BCUT2D eigenvalue weighted by Gasteiger charge is 2.38. The average Bonchev–Trinajstić information content (AvgIpc) is 2.75. The quantitative estimate of drug-likeness (QED) is 0.776. The molecule has 3 saturated heterocycles. The highest BCUT2D eigenvalue weighted by atomic mass is 16.5. The summed E-state index contributed by atoms with van der Waals surface area (Å²) in [7, 11) is 0. The predicted octanol–water partition coefficient (Wildman–Crippen LogP) is 1.85. The van der Waals surface area contributed by atoms with Crippen molar-refractivity contribution in [2.24, 2.45) is 0 Å². The molecule has 0 bridgehead atoms. The first-order valence-corrected chi connectivity index (χ1v) is 11.1. The molecule has 0 aliphatic carbocycles. The van der Waals surface area contributed by atoms with Crippen molar-refractivity contribution in [2.75, 3.05) is 45.9 Å². The molecule has 0 saturated carbocycles. The molecule has 1 unspecified atom stereocenters. The molecule has 2 amide bonds. The zero-order chi connectivity index (χ0) is 20.2. The molecule has 6 heteroatoms. The number of nitrogens with zero attached hydrogens (tertiary/aromatic N) is 3. The van der Waals surface area contributed by atoms with Crippen LogP contribution in [0.3, 0.4) is 0 Å². The Balaban J connectivity index is 1.30. The number of ether oxygens (including phenoxy) is 1. The Morgan fingerprint density at radius 2 is 1.83 bits per heavy atom. The van der Waals surface area contributed by atoms with Crippen molar-refractivity contribution in [3.8, 4) is 0 Å². The molecule has 0 radical (unpaired) electrons. The van der Waals surface area contributed by atoms with Crippen molar-refractivity contribution >= 4 is 11.8 Å². The van der Waals surface area contributed by atoms with Gasteiger partial charge in [-0.1, -0.05) is 29.8 Å². The van der Waals surface area contributed by atoms with Crippen molar-refractivity contribution in [3.63, 3.8) is 0 Å². The maximum absolute atomic E-state index is 13.2. The van der Waals surface area contributed by atoms with E-state index in [1.807, 2.05) is 17.0 Å². The lowest BCUT2D eigenvalue weighted by Crippen LogP contribution is -2.60. The predicted molar refractivity (Wildman–Crippen MR) is 112 cm³/mol. The number of carbonyl (C=O) groups is 2. The summed E-state index contributed by atoms with van der Waals surface area (Å²) >= 11 is 0. The minimum atomic E-state index is -0.0133. The van der Waals surface area contributed by atoms with Gasteiger partial charge in [0, 0.05) is 52.0 Å². The van der Waals surface area contributed by atoms with Gasteiger partial charge in [-0.05, 0) is 38.2 Å². The van der Waals surface area contributed by atoms with E-state index in [2.05, 4.69) is 28.9 Å². The zero-order valence-corrected chi connectivity index (χ0v) is 17.5. The van der Waals surface area contributed by atoms with Gasteiger partial charge in [-0.25, -0.2) is 0 Å². The Hall–Kier alpha value is -1.92. The van der Waals surface area contributed by atoms with E-state index in [9.17, 15) is 9.59 Å². The largest absolute Gasteiger partial charge is 0.381 e. The third-order valence-electron chi connectivity index (χ3n) is 6.62. The molecule has 6 nitrogen and oxygen atoms in total. The van der Waals surface area contributed by atoms with Gasteiger partial charge in [0.2, 0.25) is 11.8 Å². The number of piperazine rings is 1. The van der Waals surface area contributed by atoms with Crippen molar-refractivity contribution < 1.29 is 14.3 Å². The van der Waals surface area contributed by atoms with Crippen molar-refractivity contribution in [1.29, 1.82) is 0 Å². The number of amides is 2. The van der Waals surface area contributed by atoms with Gasteiger partial charge in [0.05, 0.1) is 12.5 Å². The first-order chi connectivity index (χ1) is 14.1. The number of benzene rings is 1. The van der Waals surface area contributed by atoms with Gasteiger partial charge in [-0.15, -0.1) is 0 Å². The maximum atomic E-state index is 13.2. The highest BCUT2D eigenvalue weighted by Crippen LogP contribution is 2.24. The first kappa shape index (κ1) is 20.4. The molecular formula is C23H33N3O3. The van der Waals surface area contributed by atoms with E-state index in [0.29, 0.717) is 31.5 Å². The van der Waals surface area contributed by atoms with Crippen molar-refractivity contribution in [1.82, 2.24) is 14.7 Å². The lowest BCUT2D eigenvalue weighted by atomic mass is 9.97. The van der Waals surface area contributed by atoms with Crippen LogP contribution in [-0.4, -0.2) is 84.5 Å². The number of piperidine rings is 1. The van der Waals surface area contributed by atoms with Crippen LogP contribution in [0, 0.1) is 6.92 Å². The molecule has 4 rings (SSSR count). The summed E-state index contributed by atoms with van der Waals surface area (Å²) < 4.78 is 5.47. The standard InChI is InChI=1S/C23H33N3O3/c1-18-4-2-5-19(16-18)17-22(27)25-12-10-24(11-13-25)21-6-3-9-26(23(21)28)20-7-14-29-15-8-20/h2,4-5,16,20-21H,3,6-15,17H2,1H3. The molecule has 3 fully saturated rings. The zero-order valence-electron chi connectivity index (χ0n) is 17.5. The van der Waals surface area contributed by atoms with Gasteiger partial charge in [-0.2, -0.15) is 0 Å². The summed E-state index contributed by atoms with van der Waals surface area (Å²) in [6.07, 6.45) is 4.39. The van der Waals surface area contributed by atoms with E-state index in [-0.39, 0.29) is 11.9 Å². The Labute approximate surface area is 173 Å².